The minimum absolute atomic E-state index is 0.157. The third-order valence-electron chi connectivity index (χ3n) is 3.13. The van der Waals surface area contributed by atoms with E-state index in [1.54, 1.807) is 36.4 Å². The number of furan rings is 1. The maximum absolute atomic E-state index is 12.3. The number of carboxylic acid groups (broad SMARTS) is 1. The van der Waals surface area contributed by atoms with Crippen molar-refractivity contribution in [2.75, 3.05) is 0 Å². The van der Waals surface area contributed by atoms with E-state index < -0.39 is 23.8 Å². The van der Waals surface area contributed by atoms with Gasteiger partial charge in [-0.25, -0.2) is 0 Å². The number of halogens is 1. The second kappa shape index (κ2) is 8.29. The Morgan fingerprint density at radius 1 is 1.20 bits per heavy atom. The summed E-state index contributed by atoms with van der Waals surface area (Å²) < 4.78 is 5.93. The van der Waals surface area contributed by atoms with Crippen molar-refractivity contribution in [2.45, 2.75) is 13.0 Å². The van der Waals surface area contributed by atoms with Gasteiger partial charge in [0.05, 0.1) is 18.3 Å². The van der Waals surface area contributed by atoms with Crippen LogP contribution in [-0.2, 0) is 9.59 Å². The third kappa shape index (κ3) is 5.32. The maximum Gasteiger partial charge on any atom is 0.268 e. The van der Waals surface area contributed by atoms with Crippen LogP contribution in [-0.4, -0.2) is 23.8 Å². The van der Waals surface area contributed by atoms with Gasteiger partial charge in [0.1, 0.15) is 11.5 Å². The molecule has 0 saturated heterocycles. The standard InChI is InChI=1S/C17H15BrN2O5/c1-10(17(23)24)19-16(22)14(9-13-3-2-8-25-13)20-15(21)11-4-6-12(18)7-5-11/h2-10H,1H3,(H,19,22)(H,20,21)(H,23,24)/p-1/b14-9+/t10-/m1/s1. The van der Waals surface area contributed by atoms with Gasteiger partial charge in [-0.3, -0.25) is 9.59 Å². The fourth-order valence-electron chi connectivity index (χ4n) is 1.80. The van der Waals surface area contributed by atoms with E-state index in [9.17, 15) is 19.5 Å². The largest absolute Gasteiger partial charge is 0.548 e. The Morgan fingerprint density at radius 2 is 1.88 bits per heavy atom. The molecule has 1 aromatic heterocycles. The van der Waals surface area contributed by atoms with E-state index in [2.05, 4.69) is 26.6 Å². The Kier molecular flexibility index (Phi) is 6.13. The summed E-state index contributed by atoms with van der Waals surface area (Å²) in [6.45, 7) is 1.26. The van der Waals surface area contributed by atoms with Crippen molar-refractivity contribution in [2.24, 2.45) is 0 Å². The Bertz CT molecular complexity index is 797. The number of carbonyl (C=O) groups is 3. The lowest BCUT2D eigenvalue weighted by Gasteiger charge is -2.16. The highest BCUT2D eigenvalue weighted by molar-refractivity contribution is 9.10. The number of rotatable bonds is 6. The monoisotopic (exact) mass is 405 g/mol. The smallest absolute Gasteiger partial charge is 0.268 e. The van der Waals surface area contributed by atoms with Crippen LogP contribution in [0.15, 0.2) is 57.2 Å². The van der Waals surface area contributed by atoms with Crippen molar-refractivity contribution in [3.05, 3.63) is 64.2 Å². The summed E-state index contributed by atoms with van der Waals surface area (Å²) in [5.41, 5.74) is 0.172. The normalized spacial score (nSPS) is 12.3. The van der Waals surface area contributed by atoms with Crippen LogP contribution in [0.25, 0.3) is 6.08 Å². The molecule has 0 aliphatic rings. The molecule has 0 fully saturated rings. The quantitative estimate of drug-likeness (QED) is 0.698. The van der Waals surface area contributed by atoms with Gasteiger partial charge in [0, 0.05) is 16.1 Å². The zero-order valence-electron chi connectivity index (χ0n) is 13.1. The van der Waals surface area contributed by atoms with E-state index in [4.69, 9.17) is 4.42 Å². The topological polar surface area (TPSA) is 111 Å². The molecule has 0 aliphatic carbocycles. The van der Waals surface area contributed by atoms with Crippen LogP contribution in [0.5, 0.6) is 0 Å². The van der Waals surface area contributed by atoms with Gasteiger partial charge in [-0.2, -0.15) is 0 Å². The summed E-state index contributed by atoms with van der Waals surface area (Å²) in [5, 5.41) is 15.5. The Balaban J connectivity index is 2.22. The van der Waals surface area contributed by atoms with Crippen molar-refractivity contribution in [3.8, 4) is 0 Å². The van der Waals surface area contributed by atoms with E-state index in [1.807, 2.05) is 0 Å². The molecular formula is C17H14BrN2O5-. The summed E-state index contributed by atoms with van der Waals surface area (Å²) in [7, 11) is 0. The molecule has 25 heavy (non-hydrogen) atoms. The third-order valence-corrected chi connectivity index (χ3v) is 3.66. The van der Waals surface area contributed by atoms with Gasteiger partial charge in [0.15, 0.2) is 0 Å². The molecule has 2 N–H and O–H groups in total. The molecule has 2 amide bonds. The number of nitrogens with one attached hydrogen (secondary N) is 2. The molecule has 7 nitrogen and oxygen atoms in total. The molecule has 0 unspecified atom stereocenters. The zero-order valence-corrected chi connectivity index (χ0v) is 14.7. The highest BCUT2D eigenvalue weighted by Gasteiger charge is 2.17. The van der Waals surface area contributed by atoms with Crippen molar-refractivity contribution in [1.29, 1.82) is 0 Å². The molecule has 8 heteroatoms. The lowest BCUT2D eigenvalue weighted by atomic mass is 10.2. The van der Waals surface area contributed by atoms with E-state index in [0.717, 1.165) is 4.47 Å². The molecule has 0 saturated carbocycles. The summed E-state index contributed by atoms with van der Waals surface area (Å²) >= 11 is 3.27. The maximum atomic E-state index is 12.3. The minimum Gasteiger partial charge on any atom is -0.548 e. The number of aliphatic carboxylic acids is 1. The van der Waals surface area contributed by atoms with Crippen LogP contribution in [0.1, 0.15) is 23.0 Å². The van der Waals surface area contributed by atoms with Crippen LogP contribution in [0.2, 0.25) is 0 Å². The Morgan fingerprint density at radius 3 is 2.44 bits per heavy atom. The van der Waals surface area contributed by atoms with Gasteiger partial charge in [-0.1, -0.05) is 15.9 Å². The molecule has 130 valence electrons. The summed E-state index contributed by atoms with van der Waals surface area (Å²) in [5.74, 6) is -2.42. The second-order valence-electron chi connectivity index (χ2n) is 5.05. The highest BCUT2D eigenvalue weighted by Crippen LogP contribution is 2.12. The molecular weight excluding hydrogens is 392 g/mol. The fourth-order valence-corrected chi connectivity index (χ4v) is 2.07. The molecule has 0 spiro atoms. The first kappa shape index (κ1) is 18.5. The Hall–Kier alpha value is -2.87. The number of hydrogen-bond acceptors (Lipinski definition) is 5. The van der Waals surface area contributed by atoms with Crippen LogP contribution in [0, 0.1) is 0 Å². The van der Waals surface area contributed by atoms with Crippen LogP contribution in [0.3, 0.4) is 0 Å². The van der Waals surface area contributed by atoms with Gasteiger partial charge in [0.25, 0.3) is 11.8 Å². The first-order chi connectivity index (χ1) is 11.9. The van der Waals surface area contributed by atoms with E-state index in [0.29, 0.717) is 11.3 Å². The first-order valence-electron chi connectivity index (χ1n) is 7.20. The van der Waals surface area contributed by atoms with Crippen molar-refractivity contribution >= 4 is 39.8 Å². The summed E-state index contributed by atoms with van der Waals surface area (Å²) in [6, 6.07) is 8.49. The second-order valence-corrected chi connectivity index (χ2v) is 5.96. The lowest BCUT2D eigenvalue weighted by Crippen LogP contribution is -2.48. The predicted molar refractivity (Wildman–Crippen MR) is 90.9 cm³/mol. The molecule has 0 radical (unpaired) electrons. The van der Waals surface area contributed by atoms with Crippen LogP contribution >= 0.6 is 15.9 Å². The summed E-state index contributed by atoms with van der Waals surface area (Å²) in [6.07, 6.45) is 2.70. The highest BCUT2D eigenvalue weighted by atomic mass is 79.9. The molecule has 2 aromatic rings. The molecule has 1 heterocycles. The van der Waals surface area contributed by atoms with Gasteiger partial charge >= 0.3 is 0 Å². The molecule has 1 aromatic carbocycles. The van der Waals surface area contributed by atoms with E-state index in [1.165, 1.54) is 19.3 Å². The fraction of sp³-hybridized carbons (Fsp3) is 0.118. The number of hydrogen-bond donors (Lipinski definition) is 2. The average molecular weight is 406 g/mol. The van der Waals surface area contributed by atoms with Gasteiger partial charge in [-0.15, -0.1) is 0 Å². The van der Waals surface area contributed by atoms with Crippen molar-refractivity contribution in [3.63, 3.8) is 0 Å². The molecule has 1 atom stereocenters. The number of amides is 2. The lowest BCUT2D eigenvalue weighted by molar-refractivity contribution is -0.307. The Labute approximate surface area is 151 Å². The van der Waals surface area contributed by atoms with Crippen LogP contribution < -0.4 is 15.7 Å². The van der Waals surface area contributed by atoms with Gasteiger partial charge in [0.2, 0.25) is 0 Å². The predicted octanol–water partition coefficient (Wildman–Crippen LogP) is 1.07. The van der Waals surface area contributed by atoms with E-state index >= 15 is 0 Å². The molecule has 0 aliphatic heterocycles. The SMILES string of the molecule is C[C@@H](NC(=O)/C(=C\c1ccco1)NC(=O)c1ccc(Br)cc1)C(=O)[O-]. The van der Waals surface area contributed by atoms with Crippen molar-refractivity contribution in [1.82, 2.24) is 10.6 Å². The van der Waals surface area contributed by atoms with Crippen molar-refractivity contribution < 1.29 is 23.9 Å². The molecule has 0 bridgehead atoms. The number of carbonyl (C=O) groups excluding carboxylic acids is 3. The van der Waals surface area contributed by atoms with Gasteiger partial charge in [-0.05, 0) is 43.3 Å². The zero-order chi connectivity index (χ0) is 18.4. The number of benzene rings is 1. The van der Waals surface area contributed by atoms with Crippen LogP contribution in [0.4, 0.5) is 0 Å². The first-order valence-corrected chi connectivity index (χ1v) is 8.00. The van der Waals surface area contributed by atoms with Gasteiger partial charge < -0.3 is 25.0 Å². The average Bonchev–Trinajstić information content (AvgIpc) is 3.07. The van der Waals surface area contributed by atoms with E-state index in [-0.39, 0.29) is 5.70 Å². The minimum atomic E-state index is -1.44. The summed E-state index contributed by atoms with van der Waals surface area (Å²) in [4.78, 5) is 35.4. The number of carboxylic acids is 1. The molecule has 2 rings (SSSR count).